The summed E-state index contributed by atoms with van der Waals surface area (Å²) in [5.41, 5.74) is 1.92. The third-order valence-electron chi connectivity index (χ3n) is 3.90. The molecule has 0 heterocycles. The molecule has 29 heavy (non-hydrogen) atoms. The highest BCUT2D eigenvalue weighted by Gasteiger charge is 2.20. The Hall–Kier alpha value is -2.71. The van der Waals surface area contributed by atoms with E-state index < -0.39 is 22.1 Å². The van der Waals surface area contributed by atoms with E-state index in [2.05, 4.69) is 4.72 Å². The first-order valence-corrected chi connectivity index (χ1v) is 11.0. The van der Waals surface area contributed by atoms with Gasteiger partial charge in [-0.05, 0) is 62.7 Å². The summed E-state index contributed by atoms with van der Waals surface area (Å²) < 4.78 is 35.6. The molecule has 0 spiro atoms. The first kappa shape index (κ1) is 22.6. The number of hydrogen-bond acceptors (Lipinski definition) is 6. The van der Waals surface area contributed by atoms with Gasteiger partial charge in [0.1, 0.15) is 0 Å². The van der Waals surface area contributed by atoms with Crippen molar-refractivity contribution in [3.05, 3.63) is 65.2 Å². The molecule has 0 aliphatic carbocycles. The first-order chi connectivity index (χ1) is 13.5. The van der Waals surface area contributed by atoms with Gasteiger partial charge in [-0.25, -0.2) is 13.2 Å². The van der Waals surface area contributed by atoms with Crippen LogP contribution in [0.25, 0.3) is 0 Å². The van der Waals surface area contributed by atoms with Crippen molar-refractivity contribution in [3.63, 3.8) is 0 Å². The number of Topliss-reactive ketones (excluding diaryl/α,β-unsaturated/α-hetero) is 1. The van der Waals surface area contributed by atoms with Crippen LogP contribution < -0.4 is 4.72 Å². The van der Waals surface area contributed by atoms with Crippen LogP contribution in [-0.2, 0) is 26.1 Å². The second-order valence-corrected chi connectivity index (χ2v) is 8.67. The maximum Gasteiger partial charge on any atom is 0.338 e. The fourth-order valence-electron chi connectivity index (χ4n) is 2.43. The van der Waals surface area contributed by atoms with Crippen molar-refractivity contribution in [3.8, 4) is 0 Å². The lowest BCUT2D eigenvalue weighted by Gasteiger charge is -2.13. The molecule has 0 aromatic heterocycles. The number of ketones is 1. The largest absolute Gasteiger partial charge is 0.451 e. The first-order valence-electron chi connectivity index (χ1n) is 9.09. The summed E-state index contributed by atoms with van der Waals surface area (Å²) in [7, 11) is -3.40. The van der Waals surface area contributed by atoms with Crippen molar-refractivity contribution in [2.75, 3.05) is 11.0 Å². The molecule has 0 aliphatic heterocycles. The van der Waals surface area contributed by atoms with Gasteiger partial charge in [-0.1, -0.05) is 12.1 Å². The van der Waals surface area contributed by atoms with Crippen LogP contribution in [0.4, 0.5) is 5.69 Å². The molecular formula is C21H25NO6S. The SMILES string of the molecule is CC(C)OCc1ccc(C(=O)O[C@H](C)C(=O)c2ccc(NS(C)(=O)=O)cc2)cc1. The van der Waals surface area contributed by atoms with Crippen LogP contribution in [-0.4, -0.2) is 38.6 Å². The van der Waals surface area contributed by atoms with E-state index in [0.717, 1.165) is 11.8 Å². The molecule has 8 heteroatoms. The summed E-state index contributed by atoms with van der Waals surface area (Å²) in [6.45, 7) is 5.83. The molecule has 0 amide bonds. The van der Waals surface area contributed by atoms with Crippen LogP contribution in [0.15, 0.2) is 48.5 Å². The molecule has 1 N–H and O–H groups in total. The van der Waals surface area contributed by atoms with E-state index in [4.69, 9.17) is 9.47 Å². The summed E-state index contributed by atoms with van der Waals surface area (Å²) in [6, 6.07) is 12.7. The Morgan fingerprint density at radius 1 is 0.931 bits per heavy atom. The van der Waals surface area contributed by atoms with E-state index in [1.165, 1.54) is 31.2 Å². The van der Waals surface area contributed by atoms with E-state index in [9.17, 15) is 18.0 Å². The number of esters is 1. The summed E-state index contributed by atoms with van der Waals surface area (Å²) in [5.74, 6) is -0.983. The van der Waals surface area contributed by atoms with Gasteiger partial charge in [0.15, 0.2) is 6.10 Å². The molecule has 2 aromatic carbocycles. The van der Waals surface area contributed by atoms with Crippen LogP contribution in [0.3, 0.4) is 0 Å². The maximum atomic E-state index is 12.5. The van der Waals surface area contributed by atoms with Crippen LogP contribution in [0.1, 0.15) is 47.1 Å². The van der Waals surface area contributed by atoms with E-state index in [0.29, 0.717) is 23.4 Å². The molecule has 2 aromatic rings. The minimum Gasteiger partial charge on any atom is -0.451 e. The highest BCUT2D eigenvalue weighted by molar-refractivity contribution is 7.92. The highest BCUT2D eigenvalue weighted by Crippen LogP contribution is 2.15. The van der Waals surface area contributed by atoms with Gasteiger partial charge in [0.25, 0.3) is 0 Å². The van der Waals surface area contributed by atoms with E-state index >= 15 is 0 Å². The molecule has 1 atom stereocenters. The number of carbonyl (C=O) groups excluding carboxylic acids is 2. The molecule has 0 saturated carbocycles. The van der Waals surface area contributed by atoms with E-state index in [-0.39, 0.29) is 11.9 Å². The minimum absolute atomic E-state index is 0.114. The van der Waals surface area contributed by atoms with E-state index in [1.807, 2.05) is 13.8 Å². The van der Waals surface area contributed by atoms with Gasteiger partial charge in [0.05, 0.1) is 24.5 Å². The zero-order valence-electron chi connectivity index (χ0n) is 16.8. The van der Waals surface area contributed by atoms with Crippen LogP contribution >= 0.6 is 0 Å². The molecule has 0 fully saturated rings. The molecular weight excluding hydrogens is 394 g/mol. The number of hydrogen-bond donors (Lipinski definition) is 1. The number of carbonyl (C=O) groups is 2. The van der Waals surface area contributed by atoms with Crippen molar-refractivity contribution >= 4 is 27.5 Å². The Bertz CT molecular complexity index is 950. The Morgan fingerprint density at radius 2 is 1.48 bits per heavy atom. The molecule has 0 unspecified atom stereocenters. The fraction of sp³-hybridized carbons (Fsp3) is 0.333. The summed E-state index contributed by atoms with van der Waals surface area (Å²) in [4.78, 5) is 24.8. The Kier molecular flexibility index (Phi) is 7.53. The van der Waals surface area contributed by atoms with Gasteiger partial charge in [-0.15, -0.1) is 0 Å². The van der Waals surface area contributed by atoms with Gasteiger partial charge >= 0.3 is 5.97 Å². The van der Waals surface area contributed by atoms with Crippen molar-refractivity contribution in [1.82, 2.24) is 0 Å². The summed E-state index contributed by atoms with van der Waals surface area (Å²) in [5, 5.41) is 0. The maximum absolute atomic E-state index is 12.5. The van der Waals surface area contributed by atoms with Crippen molar-refractivity contribution in [1.29, 1.82) is 0 Å². The van der Waals surface area contributed by atoms with Crippen LogP contribution in [0.5, 0.6) is 0 Å². The lowest BCUT2D eigenvalue weighted by molar-refractivity contribution is 0.0318. The molecule has 156 valence electrons. The fourth-order valence-corrected chi connectivity index (χ4v) is 3.00. The van der Waals surface area contributed by atoms with Gasteiger partial charge < -0.3 is 9.47 Å². The zero-order valence-corrected chi connectivity index (χ0v) is 17.7. The quantitative estimate of drug-likeness (QED) is 0.494. The van der Waals surface area contributed by atoms with Gasteiger partial charge in [-0.3, -0.25) is 9.52 Å². The normalized spacial score (nSPS) is 12.4. The predicted molar refractivity (Wildman–Crippen MR) is 110 cm³/mol. The number of nitrogens with one attached hydrogen (secondary N) is 1. The zero-order chi connectivity index (χ0) is 21.6. The number of ether oxygens (including phenoxy) is 2. The molecule has 0 aliphatic rings. The lowest BCUT2D eigenvalue weighted by atomic mass is 10.1. The average Bonchev–Trinajstić information content (AvgIpc) is 2.65. The Labute approximate surface area is 171 Å². The predicted octanol–water partition coefficient (Wildman–Crippen LogP) is 3.41. The van der Waals surface area contributed by atoms with Gasteiger partial charge in [0, 0.05) is 11.3 Å². The Morgan fingerprint density at radius 3 is 2.00 bits per heavy atom. The second-order valence-electron chi connectivity index (χ2n) is 6.92. The monoisotopic (exact) mass is 419 g/mol. The smallest absolute Gasteiger partial charge is 0.338 e. The van der Waals surface area contributed by atoms with Crippen molar-refractivity contribution in [2.24, 2.45) is 0 Å². The van der Waals surface area contributed by atoms with Crippen molar-refractivity contribution < 1.29 is 27.5 Å². The third-order valence-corrected chi connectivity index (χ3v) is 4.51. The second kappa shape index (κ2) is 9.67. The highest BCUT2D eigenvalue weighted by atomic mass is 32.2. The van der Waals surface area contributed by atoms with Crippen LogP contribution in [0, 0.1) is 0 Å². The van der Waals surface area contributed by atoms with Crippen molar-refractivity contribution in [2.45, 2.75) is 39.6 Å². The molecule has 0 bridgehead atoms. The van der Waals surface area contributed by atoms with Gasteiger partial charge in [0.2, 0.25) is 15.8 Å². The number of sulfonamides is 1. The van der Waals surface area contributed by atoms with Gasteiger partial charge in [-0.2, -0.15) is 0 Å². The standard InChI is InChI=1S/C21H25NO6S/c1-14(2)27-13-16-5-7-18(8-6-16)21(24)28-15(3)20(23)17-9-11-19(12-10-17)22-29(4,25)26/h5-12,14-15,22H,13H2,1-4H3/t15-/m1/s1. The van der Waals surface area contributed by atoms with E-state index in [1.54, 1.807) is 24.3 Å². The summed E-state index contributed by atoms with van der Waals surface area (Å²) >= 11 is 0. The molecule has 2 rings (SSSR count). The third kappa shape index (κ3) is 7.32. The Balaban J connectivity index is 1.97. The minimum atomic E-state index is -3.40. The molecule has 7 nitrogen and oxygen atoms in total. The summed E-state index contributed by atoms with van der Waals surface area (Å²) in [6.07, 6.45) is 0.167. The molecule has 0 saturated heterocycles. The average molecular weight is 419 g/mol. The number of benzene rings is 2. The number of rotatable bonds is 9. The number of anilines is 1. The topological polar surface area (TPSA) is 98.8 Å². The van der Waals surface area contributed by atoms with Crippen LogP contribution in [0.2, 0.25) is 0 Å². The lowest BCUT2D eigenvalue weighted by Crippen LogP contribution is -2.24. The molecule has 0 radical (unpaired) electrons.